The van der Waals surface area contributed by atoms with Gasteiger partial charge in [-0.05, 0) is 43.7 Å². The molecule has 1 N–H and O–H groups in total. The lowest BCUT2D eigenvalue weighted by Crippen LogP contribution is -2.47. The number of fused-ring (bicyclic) bond motifs is 10. The summed E-state index contributed by atoms with van der Waals surface area (Å²) in [6.07, 6.45) is 3.56. The van der Waals surface area contributed by atoms with Crippen LogP contribution in [0.5, 0.6) is 5.75 Å². The van der Waals surface area contributed by atoms with Gasteiger partial charge in [-0.2, -0.15) is 5.10 Å². The number of allylic oxidation sites excluding steroid dienone is 1. The molecule has 4 aliphatic heterocycles. The standard InChI is InChI=1S/C44H46F3N11O3/c1-5-11-44(47)24-55-12-13-61-37-17-27(45)9-10-35(37)58-42-32(19-48-58)41(52-39(53-42)14-26(44)20-55)57-21-29-18-36(57)43(59)54(3)22-30(60-4)23-56-25(2)49-34-16-28(46)15-31(40(34)56)33-7-6-8-38(50-29)51-33/h5-10,15-17,19,26,29-30,36H,1,11-14,18,20-24H2,2-4H3,(H,50,51)/t26-,29-,30-,36-,44?/m0/s1. The zero-order valence-corrected chi connectivity index (χ0v) is 34.2. The van der Waals surface area contributed by atoms with Gasteiger partial charge in [0.1, 0.15) is 64.7 Å². The number of carbonyl (C=O) groups is 1. The van der Waals surface area contributed by atoms with Gasteiger partial charge in [-0.1, -0.05) is 12.1 Å². The quantitative estimate of drug-likeness (QED) is 0.226. The van der Waals surface area contributed by atoms with Gasteiger partial charge in [0, 0.05) is 89.4 Å². The van der Waals surface area contributed by atoms with Crippen LogP contribution in [-0.2, 0) is 22.5 Å². The molecule has 0 saturated carbocycles. The van der Waals surface area contributed by atoms with Crippen LogP contribution in [0.4, 0.5) is 24.8 Å². The molecule has 316 valence electrons. The Morgan fingerprint density at radius 2 is 1.92 bits per heavy atom. The number of aryl methyl sites for hydroxylation is 1. The molecule has 61 heavy (non-hydrogen) atoms. The summed E-state index contributed by atoms with van der Waals surface area (Å²) in [5.41, 5.74) is 1.69. The van der Waals surface area contributed by atoms with Crippen molar-refractivity contribution < 1.29 is 27.4 Å². The number of rotatable bonds is 4. The van der Waals surface area contributed by atoms with E-state index in [0.717, 1.165) is 5.52 Å². The highest BCUT2D eigenvalue weighted by Gasteiger charge is 2.47. The minimum absolute atomic E-state index is 0.154. The second kappa shape index (κ2) is 15.1. The van der Waals surface area contributed by atoms with Crippen molar-refractivity contribution >= 4 is 39.6 Å². The second-order valence-corrected chi connectivity index (χ2v) is 16.7. The van der Waals surface area contributed by atoms with E-state index in [1.54, 1.807) is 42.1 Å². The fourth-order valence-corrected chi connectivity index (χ4v) is 9.75. The average molecular weight is 834 g/mol. The molecule has 14 nitrogen and oxygen atoms in total. The SMILES string of the molecule is C=CCC1(F)CN2CCOc3cc(F)ccc3-n3ncc4c(N5C[C@@H]6C[C@H]5C(=O)N(C)C[C@H](OC)Cn5c(C)nc7cc(F)cc(c75)-c5cccc(n5)N6)nc(nc43)C[C@H]1C2. The lowest BCUT2D eigenvalue weighted by atomic mass is 9.87. The molecule has 6 atom stereocenters. The predicted octanol–water partition coefficient (Wildman–Crippen LogP) is 5.51. The Morgan fingerprint density at radius 1 is 1.05 bits per heavy atom. The smallest absolute Gasteiger partial charge is 0.245 e. The van der Waals surface area contributed by atoms with Gasteiger partial charge in [0.05, 0.1) is 41.0 Å². The maximum absolute atomic E-state index is 16.9. The summed E-state index contributed by atoms with van der Waals surface area (Å²) in [6, 6.07) is 11.7. The van der Waals surface area contributed by atoms with Crippen LogP contribution in [-0.4, -0.2) is 127 Å². The van der Waals surface area contributed by atoms with Crippen molar-refractivity contribution in [3.05, 3.63) is 90.7 Å². The first-order valence-electron chi connectivity index (χ1n) is 20.6. The van der Waals surface area contributed by atoms with Crippen LogP contribution < -0.4 is 15.0 Å². The molecule has 6 aromatic rings. The average Bonchev–Trinajstić information content (AvgIpc) is 4.00. The number of nitrogens with zero attached hydrogens (tertiary/aromatic N) is 10. The van der Waals surface area contributed by atoms with E-state index in [4.69, 9.17) is 34.5 Å². The van der Waals surface area contributed by atoms with Crippen LogP contribution in [0.25, 0.3) is 39.0 Å². The summed E-state index contributed by atoms with van der Waals surface area (Å²) < 4.78 is 62.6. The second-order valence-electron chi connectivity index (χ2n) is 16.7. The van der Waals surface area contributed by atoms with Gasteiger partial charge in [0.2, 0.25) is 5.91 Å². The van der Waals surface area contributed by atoms with E-state index in [0.29, 0.717) is 89.4 Å². The number of halogens is 3. The Balaban J connectivity index is 1.11. The normalized spacial score (nSPS) is 25.3. The number of nitrogens with one attached hydrogen (secondary N) is 1. The van der Waals surface area contributed by atoms with Gasteiger partial charge in [-0.15, -0.1) is 6.58 Å². The number of carbonyl (C=O) groups excluding carboxylic acids is 1. The molecule has 2 saturated heterocycles. The lowest BCUT2D eigenvalue weighted by Gasteiger charge is -2.31. The highest BCUT2D eigenvalue weighted by atomic mass is 19.1. The van der Waals surface area contributed by atoms with Crippen LogP contribution in [0.2, 0.25) is 0 Å². The molecular weight excluding hydrogens is 788 g/mol. The van der Waals surface area contributed by atoms with E-state index in [2.05, 4.69) is 11.9 Å². The van der Waals surface area contributed by atoms with Crippen molar-refractivity contribution in [1.82, 2.24) is 44.1 Å². The molecule has 2 unspecified atom stereocenters. The third-order valence-corrected chi connectivity index (χ3v) is 12.7. The number of alkyl halides is 1. The maximum Gasteiger partial charge on any atom is 0.245 e. The number of imidazole rings is 1. The summed E-state index contributed by atoms with van der Waals surface area (Å²) in [5, 5.41) is 8.89. The number of hydrogen-bond donors (Lipinski definition) is 1. The van der Waals surface area contributed by atoms with E-state index < -0.39 is 35.4 Å². The summed E-state index contributed by atoms with van der Waals surface area (Å²) >= 11 is 0. The van der Waals surface area contributed by atoms with Crippen molar-refractivity contribution in [3.8, 4) is 22.7 Å². The van der Waals surface area contributed by atoms with E-state index >= 15 is 8.78 Å². The predicted molar refractivity (Wildman–Crippen MR) is 224 cm³/mol. The fraction of sp³-hybridized carbons (Fsp3) is 0.409. The molecule has 2 aromatic carbocycles. The molecule has 1 amide bonds. The first-order chi connectivity index (χ1) is 29.5. The van der Waals surface area contributed by atoms with Crippen molar-refractivity contribution in [3.63, 3.8) is 0 Å². The summed E-state index contributed by atoms with van der Waals surface area (Å²) in [6.45, 7) is 7.91. The molecule has 0 spiro atoms. The Bertz CT molecular complexity index is 2710. The summed E-state index contributed by atoms with van der Waals surface area (Å²) in [5.74, 6) is 0.840. The first-order valence-corrected chi connectivity index (χ1v) is 20.6. The Labute approximate surface area is 350 Å². The van der Waals surface area contributed by atoms with Gasteiger partial charge in [-0.3, -0.25) is 9.69 Å². The minimum Gasteiger partial charge on any atom is -0.490 e. The van der Waals surface area contributed by atoms with Gasteiger partial charge in [0.25, 0.3) is 0 Å². The van der Waals surface area contributed by atoms with Gasteiger partial charge >= 0.3 is 0 Å². The minimum atomic E-state index is -1.59. The number of amides is 1. The Hall–Kier alpha value is -6.07. The third-order valence-electron chi connectivity index (χ3n) is 12.7. The van der Waals surface area contributed by atoms with E-state index in [1.807, 2.05) is 39.5 Å². The number of benzene rings is 2. The lowest BCUT2D eigenvalue weighted by molar-refractivity contribution is -0.132. The Morgan fingerprint density at radius 3 is 2.75 bits per heavy atom. The summed E-state index contributed by atoms with van der Waals surface area (Å²) in [7, 11) is 3.37. The molecule has 8 heterocycles. The topological polar surface area (TPSA) is 132 Å². The third kappa shape index (κ3) is 6.92. The van der Waals surface area contributed by atoms with E-state index in [1.165, 1.54) is 24.3 Å². The number of aromatic nitrogens is 7. The van der Waals surface area contributed by atoms with Crippen LogP contribution in [0.1, 0.15) is 24.5 Å². The highest BCUT2D eigenvalue weighted by molar-refractivity contribution is 5.94. The molecule has 4 aliphatic rings. The number of pyridine rings is 1. The molecule has 8 bridgehead atoms. The first kappa shape index (κ1) is 39.1. The van der Waals surface area contributed by atoms with Crippen LogP contribution in [0.3, 0.4) is 0 Å². The van der Waals surface area contributed by atoms with E-state index in [9.17, 15) is 9.18 Å². The zero-order valence-electron chi connectivity index (χ0n) is 34.2. The molecule has 17 heteroatoms. The number of methoxy groups -OCH3 is 1. The van der Waals surface area contributed by atoms with Gasteiger partial charge in [0.15, 0.2) is 5.65 Å². The van der Waals surface area contributed by atoms with Crippen molar-refractivity contribution in [2.45, 2.75) is 56.6 Å². The zero-order chi connectivity index (χ0) is 42.2. The van der Waals surface area contributed by atoms with Crippen molar-refractivity contribution in [1.29, 1.82) is 0 Å². The molecule has 2 fully saturated rings. The fourth-order valence-electron chi connectivity index (χ4n) is 9.75. The number of anilines is 2. The van der Waals surface area contributed by atoms with E-state index in [-0.39, 0.29) is 50.2 Å². The van der Waals surface area contributed by atoms with Crippen LogP contribution >= 0.6 is 0 Å². The van der Waals surface area contributed by atoms with Crippen molar-refractivity contribution in [2.75, 3.05) is 63.7 Å². The molecule has 4 aromatic heterocycles. The maximum atomic E-state index is 16.9. The van der Waals surface area contributed by atoms with Crippen LogP contribution in [0.15, 0.2) is 67.4 Å². The molecule has 0 radical (unpaired) electrons. The largest absolute Gasteiger partial charge is 0.490 e. The Kier molecular flexibility index (Phi) is 9.70. The summed E-state index contributed by atoms with van der Waals surface area (Å²) in [4.78, 5) is 40.5. The monoisotopic (exact) mass is 833 g/mol. The number of ether oxygens (including phenoxy) is 2. The van der Waals surface area contributed by atoms with Crippen molar-refractivity contribution in [2.24, 2.45) is 5.92 Å². The number of hydrogen-bond acceptors (Lipinski definition) is 11. The van der Waals surface area contributed by atoms with Gasteiger partial charge < -0.3 is 29.2 Å². The molecule has 0 aliphatic carbocycles. The number of likely N-dealkylation sites (N-methyl/N-ethyl adjacent to an activating group) is 1. The molecule has 10 rings (SSSR count). The van der Waals surface area contributed by atoms with Crippen LogP contribution in [0, 0.1) is 24.5 Å². The highest BCUT2D eigenvalue weighted by Crippen LogP contribution is 2.40. The van der Waals surface area contributed by atoms with Gasteiger partial charge in [-0.25, -0.2) is 37.8 Å². The molecular formula is C44H46F3N11O3.